The molecule has 0 rings (SSSR count). The number of phosphoric ester groups is 1. The molecular formula is C51H101N2O6P. The lowest BCUT2D eigenvalue weighted by Gasteiger charge is -2.29. The molecule has 0 aliphatic heterocycles. The third-order valence-electron chi connectivity index (χ3n) is 11.7. The second kappa shape index (κ2) is 43.2. The molecule has 0 bridgehead atoms. The van der Waals surface area contributed by atoms with Gasteiger partial charge in [-0.15, -0.1) is 0 Å². The van der Waals surface area contributed by atoms with E-state index in [0.29, 0.717) is 17.4 Å². The third kappa shape index (κ3) is 45.0. The first-order valence-corrected chi connectivity index (χ1v) is 27.2. The number of aliphatic hydroxyl groups is 1. The van der Waals surface area contributed by atoms with Crippen LogP contribution in [-0.4, -0.2) is 68.5 Å². The number of nitrogens with one attached hydrogen (secondary N) is 1. The molecule has 3 atom stereocenters. The summed E-state index contributed by atoms with van der Waals surface area (Å²) >= 11 is 0. The molecule has 0 heterocycles. The Morgan fingerprint density at radius 1 is 0.567 bits per heavy atom. The number of nitrogens with zero attached hydrogens (tertiary/aromatic N) is 1. The summed E-state index contributed by atoms with van der Waals surface area (Å²) in [5.41, 5.74) is 0. The summed E-state index contributed by atoms with van der Waals surface area (Å²) in [7, 11) is 1.25. The normalized spacial score (nSPS) is 14.3. The van der Waals surface area contributed by atoms with Gasteiger partial charge in [-0.1, -0.05) is 231 Å². The van der Waals surface area contributed by atoms with Crippen molar-refractivity contribution in [2.75, 3.05) is 40.9 Å². The number of amides is 1. The fraction of sp³-hybridized carbons (Fsp3) is 0.902. The number of carbonyl (C=O) groups is 1. The van der Waals surface area contributed by atoms with Crippen molar-refractivity contribution < 1.29 is 32.9 Å². The van der Waals surface area contributed by atoms with E-state index in [1.807, 2.05) is 27.2 Å². The van der Waals surface area contributed by atoms with Gasteiger partial charge < -0.3 is 28.8 Å². The number of phosphoric acid groups is 1. The molecule has 0 aliphatic rings. The molecule has 0 fully saturated rings. The van der Waals surface area contributed by atoms with Gasteiger partial charge in [-0.3, -0.25) is 9.36 Å². The standard InChI is InChI=1S/C51H101N2O6P/c1-6-8-10-12-14-16-18-20-22-23-24-25-26-27-28-29-31-33-35-37-39-41-43-45-51(55)52-49(48-59-60(56,57)58-47-46-53(3,4)5)50(54)44-42-40-38-36-34-32-30-21-19-17-15-13-11-9-7-2/h34,36,42,44,49-50,54H,6-33,35,37-41,43,45-48H2,1-5H3,(H-,52,55,56,57)/b36-34+,44-42+/t49-,50+/m0/s1. The van der Waals surface area contributed by atoms with E-state index in [-0.39, 0.29) is 19.1 Å². The lowest BCUT2D eigenvalue weighted by atomic mass is 10.0. The molecule has 2 N–H and O–H groups in total. The summed E-state index contributed by atoms with van der Waals surface area (Å²) in [4.78, 5) is 25.4. The molecule has 1 amide bonds. The molecule has 0 radical (unpaired) electrons. The van der Waals surface area contributed by atoms with Crippen LogP contribution in [-0.2, 0) is 18.4 Å². The molecule has 0 aliphatic carbocycles. The molecule has 0 aromatic rings. The maximum Gasteiger partial charge on any atom is 0.268 e. The summed E-state index contributed by atoms with van der Waals surface area (Å²) in [6, 6.07) is -0.898. The van der Waals surface area contributed by atoms with Crippen LogP contribution in [0.3, 0.4) is 0 Å². The second-order valence-corrected chi connectivity index (χ2v) is 20.3. The number of quaternary nitrogens is 1. The average molecular weight is 869 g/mol. The van der Waals surface area contributed by atoms with E-state index in [4.69, 9.17) is 9.05 Å². The zero-order valence-corrected chi connectivity index (χ0v) is 41.3. The quantitative estimate of drug-likeness (QED) is 0.0273. The molecular weight excluding hydrogens is 768 g/mol. The summed E-state index contributed by atoms with van der Waals surface area (Å²) in [6.45, 7) is 4.65. The first-order chi connectivity index (χ1) is 29.0. The lowest BCUT2D eigenvalue weighted by molar-refractivity contribution is -0.870. The predicted molar refractivity (Wildman–Crippen MR) is 256 cm³/mol. The maximum absolute atomic E-state index is 12.9. The number of allylic oxidation sites excluding steroid dienone is 3. The van der Waals surface area contributed by atoms with E-state index in [1.165, 1.54) is 186 Å². The molecule has 356 valence electrons. The molecule has 0 saturated carbocycles. The Hall–Kier alpha value is -1.02. The van der Waals surface area contributed by atoms with Crippen LogP contribution in [0.1, 0.15) is 245 Å². The van der Waals surface area contributed by atoms with Gasteiger partial charge >= 0.3 is 0 Å². The highest BCUT2D eigenvalue weighted by Crippen LogP contribution is 2.38. The largest absolute Gasteiger partial charge is 0.756 e. The van der Waals surface area contributed by atoms with Gasteiger partial charge in [-0.2, -0.15) is 0 Å². The smallest absolute Gasteiger partial charge is 0.268 e. The van der Waals surface area contributed by atoms with Crippen molar-refractivity contribution in [3.8, 4) is 0 Å². The van der Waals surface area contributed by atoms with E-state index < -0.39 is 20.0 Å². The highest BCUT2D eigenvalue weighted by atomic mass is 31.2. The topological polar surface area (TPSA) is 108 Å². The average Bonchev–Trinajstić information content (AvgIpc) is 3.20. The summed E-state index contributed by atoms with van der Waals surface area (Å²) in [6.07, 6.45) is 52.4. The first-order valence-electron chi connectivity index (χ1n) is 25.7. The molecule has 1 unspecified atom stereocenters. The summed E-state index contributed by atoms with van der Waals surface area (Å²) in [5.74, 6) is -0.203. The van der Waals surface area contributed by atoms with Crippen LogP contribution in [0.4, 0.5) is 0 Å². The van der Waals surface area contributed by atoms with Crippen molar-refractivity contribution in [2.24, 2.45) is 0 Å². The van der Waals surface area contributed by atoms with Crippen LogP contribution in [0.5, 0.6) is 0 Å². The lowest BCUT2D eigenvalue weighted by Crippen LogP contribution is -2.45. The molecule has 0 spiro atoms. The summed E-state index contributed by atoms with van der Waals surface area (Å²) < 4.78 is 23.2. The van der Waals surface area contributed by atoms with E-state index >= 15 is 0 Å². The monoisotopic (exact) mass is 869 g/mol. The van der Waals surface area contributed by atoms with E-state index in [2.05, 4.69) is 31.3 Å². The Kier molecular flexibility index (Phi) is 42.5. The van der Waals surface area contributed by atoms with Gasteiger partial charge in [-0.05, 0) is 32.1 Å². The summed E-state index contributed by atoms with van der Waals surface area (Å²) in [5, 5.41) is 13.8. The maximum atomic E-state index is 12.9. The fourth-order valence-electron chi connectivity index (χ4n) is 7.58. The van der Waals surface area contributed by atoms with Crippen LogP contribution in [0.15, 0.2) is 24.3 Å². The first kappa shape index (κ1) is 59.0. The molecule has 0 saturated heterocycles. The van der Waals surface area contributed by atoms with Crippen molar-refractivity contribution in [2.45, 2.75) is 257 Å². The number of likely N-dealkylation sites (N-methyl/N-ethyl adjacent to an activating group) is 1. The molecule has 0 aromatic carbocycles. The second-order valence-electron chi connectivity index (χ2n) is 18.9. The van der Waals surface area contributed by atoms with Gasteiger partial charge in [0.25, 0.3) is 7.82 Å². The highest BCUT2D eigenvalue weighted by Gasteiger charge is 2.23. The number of unbranched alkanes of at least 4 members (excludes halogenated alkanes) is 32. The van der Waals surface area contributed by atoms with Crippen molar-refractivity contribution in [1.82, 2.24) is 5.32 Å². The van der Waals surface area contributed by atoms with Gasteiger partial charge in [0, 0.05) is 6.42 Å². The van der Waals surface area contributed by atoms with Gasteiger partial charge in [-0.25, -0.2) is 0 Å². The van der Waals surface area contributed by atoms with Gasteiger partial charge in [0.2, 0.25) is 5.91 Å². The Labute approximate surface area is 373 Å². The SMILES string of the molecule is CCCCCCCCCCC/C=C/CC/C=C/[C@@H](O)[C@H](COP(=O)([O-])OCC[N+](C)(C)C)NC(=O)CCCCCCCCCCCCCCCCCCCCCCCCC. The number of carbonyl (C=O) groups excluding carboxylic acids is 1. The Bertz CT molecular complexity index is 1030. The van der Waals surface area contributed by atoms with Crippen molar-refractivity contribution in [1.29, 1.82) is 0 Å². The van der Waals surface area contributed by atoms with Crippen molar-refractivity contribution >= 4 is 13.7 Å². The minimum Gasteiger partial charge on any atom is -0.756 e. The Balaban J connectivity index is 4.25. The molecule has 0 aromatic heterocycles. The highest BCUT2D eigenvalue weighted by molar-refractivity contribution is 7.45. The van der Waals surface area contributed by atoms with Gasteiger partial charge in [0.15, 0.2) is 0 Å². The van der Waals surface area contributed by atoms with Gasteiger partial charge in [0.05, 0.1) is 39.9 Å². The van der Waals surface area contributed by atoms with E-state index in [9.17, 15) is 19.4 Å². The van der Waals surface area contributed by atoms with Crippen LogP contribution in [0.2, 0.25) is 0 Å². The number of aliphatic hydroxyl groups excluding tert-OH is 1. The number of hydrogen-bond donors (Lipinski definition) is 2. The van der Waals surface area contributed by atoms with Crippen molar-refractivity contribution in [3.05, 3.63) is 24.3 Å². The minimum atomic E-state index is -4.59. The van der Waals surface area contributed by atoms with E-state index in [1.54, 1.807) is 6.08 Å². The van der Waals surface area contributed by atoms with Crippen LogP contribution in [0.25, 0.3) is 0 Å². The Morgan fingerprint density at radius 2 is 0.933 bits per heavy atom. The minimum absolute atomic E-state index is 0.00403. The molecule has 60 heavy (non-hydrogen) atoms. The number of hydrogen-bond acceptors (Lipinski definition) is 6. The zero-order valence-electron chi connectivity index (χ0n) is 40.4. The Morgan fingerprint density at radius 3 is 1.35 bits per heavy atom. The molecule has 9 heteroatoms. The fourth-order valence-corrected chi connectivity index (χ4v) is 8.30. The number of rotatable bonds is 47. The van der Waals surface area contributed by atoms with Gasteiger partial charge in [0.1, 0.15) is 13.2 Å². The van der Waals surface area contributed by atoms with Crippen LogP contribution < -0.4 is 10.2 Å². The third-order valence-corrected chi connectivity index (χ3v) is 12.6. The van der Waals surface area contributed by atoms with E-state index in [0.717, 1.165) is 38.5 Å². The van der Waals surface area contributed by atoms with Crippen LogP contribution in [0, 0.1) is 0 Å². The predicted octanol–water partition coefficient (Wildman–Crippen LogP) is 14.2. The molecule has 8 nitrogen and oxygen atoms in total. The van der Waals surface area contributed by atoms with Crippen LogP contribution >= 0.6 is 7.82 Å². The van der Waals surface area contributed by atoms with Crippen molar-refractivity contribution in [3.63, 3.8) is 0 Å². The zero-order chi connectivity index (χ0) is 44.3.